The molecule has 1 aliphatic rings. The van der Waals surface area contributed by atoms with Gasteiger partial charge in [-0.15, -0.1) is 0 Å². The van der Waals surface area contributed by atoms with Crippen molar-refractivity contribution in [1.82, 2.24) is 9.88 Å². The molecule has 1 aromatic heterocycles. The molecule has 0 aliphatic carbocycles. The van der Waals surface area contributed by atoms with Crippen LogP contribution in [0.2, 0.25) is 0 Å². The van der Waals surface area contributed by atoms with Gasteiger partial charge in [-0.25, -0.2) is 4.90 Å². The summed E-state index contributed by atoms with van der Waals surface area (Å²) in [6.07, 6.45) is 3.53. The number of rotatable bonds is 12. The quantitative estimate of drug-likeness (QED) is 0.0416. The largest absolute Gasteiger partial charge is 0.490 e. The van der Waals surface area contributed by atoms with Gasteiger partial charge in [0.25, 0.3) is 11.1 Å². The third-order valence-corrected chi connectivity index (χ3v) is 9.66. The zero-order chi connectivity index (χ0) is 35.8. The molecule has 6 aromatic rings. The minimum Gasteiger partial charge on any atom is -0.490 e. The molecule has 7 rings (SSSR count). The van der Waals surface area contributed by atoms with Crippen molar-refractivity contribution in [1.29, 1.82) is 0 Å². The van der Waals surface area contributed by atoms with Crippen LogP contribution in [0.5, 0.6) is 5.75 Å². The molecule has 2 amide bonds. The molecule has 1 fully saturated rings. The van der Waals surface area contributed by atoms with Crippen molar-refractivity contribution in [2.75, 3.05) is 13.2 Å². The zero-order valence-corrected chi connectivity index (χ0v) is 29.3. The molecule has 2 heterocycles. The number of benzene rings is 5. The van der Waals surface area contributed by atoms with Crippen molar-refractivity contribution < 1.29 is 19.2 Å². The van der Waals surface area contributed by atoms with Gasteiger partial charge in [0.1, 0.15) is 17.9 Å². The molecule has 0 radical (unpaired) electrons. The number of ether oxygens (including phenoxy) is 1. The van der Waals surface area contributed by atoms with Crippen LogP contribution >= 0.6 is 11.8 Å². The Morgan fingerprint density at radius 2 is 1.29 bits per heavy atom. The number of carbonyl (C=O) groups is 2. The number of hydrogen-bond acceptors (Lipinski definition) is 7. The third kappa shape index (κ3) is 7.15. The van der Waals surface area contributed by atoms with Crippen LogP contribution < -0.4 is 4.74 Å². The minimum atomic E-state index is -1.17. The van der Waals surface area contributed by atoms with Gasteiger partial charge in [0.05, 0.1) is 16.3 Å². The molecule has 0 bridgehead atoms. The fourth-order valence-electron chi connectivity index (χ4n) is 6.30. The Kier molecular flexibility index (Phi) is 10.4. The Labute approximate surface area is 307 Å². The molecule has 1 aliphatic heterocycles. The molecule has 0 saturated carbocycles. The lowest BCUT2D eigenvalue weighted by atomic mass is 9.75. The molecular formula is C44H35N3O4S. The summed E-state index contributed by atoms with van der Waals surface area (Å²) in [5.41, 5.74) is 5.72. The topological polar surface area (TPSA) is 81.1 Å². The summed E-state index contributed by atoms with van der Waals surface area (Å²) in [6.45, 7) is 2.47. The van der Waals surface area contributed by atoms with Crippen LogP contribution in [0, 0.1) is 0 Å². The van der Waals surface area contributed by atoms with Crippen molar-refractivity contribution in [2.45, 2.75) is 12.5 Å². The summed E-state index contributed by atoms with van der Waals surface area (Å²) in [5.74, 6) is 0.292. The number of imide groups is 1. The Hall–Kier alpha value is -6.25. The van der Waals surface area contributed by atoms with E-state index in [-0.39, 0.29) is 17.8 Å². The van der Waals surface area contributed by atoms with Gasteiger partial charge in [-0.3, -0.25) is 14.6 Å². The second-order valence-corrected chi connectivity index (χ2v) is 13.0. The van der Waals surface area contributed by atoms with Gasteiger partial charge in [0.15, 0.2) is 6.61 Å². The van der Waals surface area contributed by atoms with E-state index in [1.807, 2.05) is 165 Å². The molecule has 0 atom stereocenters. The lowest BCUT2D eigenvalue weighted by Crippen LogP contribution is -2.50. The average molecular weight is 702 g/mol. The van der Waals surface area contributed by atoms with Crippen LogP contribution in [-0.4, -0.2) is 40.0 Å². The molecule has 1 saturated heterocycles. The van der Waals surface area contributed by atoms with Crippen LogP contribution in [0.15, 0.2) is 174 Å². The van der Waals surface area contributed by atoms with Gasteiger partial charge in [-0.1, -0.05) is 139 Å². The fourth-order valence-corrected chi connectivity index (χ4v) is 7.17. The minimum absolute atomic E-state index is 0.268. The first-order chi connectivity index (χ1) is 25.5. The lowest BCUT2D eigenvalue weighted by Gasteiger charge is -2.41. The van der Waals surface area contributed by atoms with Crippen molar-refractivity contribution in [2.24, 2.45) is 5.16 Å². The van der Waals surface area contributed by atoms with E-state index in [9.17, 15) is 9.59 Å². The summed E-state index contributed by atoms with van der Waals surface area (Å²) < 4.78 is 5.87. The molecule has 256 valence electrons. The number of aromatic nitrogens is 1. The van der Waals surface area contributed by atoms with E-state index in [1.165, 1.54) is 4.90 Å². The van der Waals surface area contributed by atoms with Gasteiger partial charge in [-0.2, -0.15) is 0 Å². The summed E-state index contributed by atoms with van der Waals surface area (Å²) >= 11 is 0.947. The zero-order valence-electron chi connectivity index (χ0n) is 28.5. The Morgan fingerprint density at radius 3 is 1.85 bits per heavy atom. The molecule has 0 spiro atoms. The number of hydrogen-bond donors (Lipinski definition) is 0. The number of thioether (sulfide) groups is 1. The van der Waals surface area contributed by atoms with E-state index in [1.54, 1.807) is 12.3 Å². The number of nitrogens with zero attached hydrogens (tertiary/aromatic N) is 3. The van der Waals surface area contributed by atoms with Crippen molar-refractivity contribution in [3.8, 4) is 17.0 Å². The second kappa shape index (κ2) is 15.7. The number of pyridine rings is 1. The maximum atomic E-state index is 14.3. The van der Waals surface area contributed by atoms with E-state index in [2.05, 4.69) is 10.1 Å². The van der Waals surface area contributed by atoms with Crippen molar-refractivity contribution >= 4 is 34.7 Å². The van der Waals surface area contributed by atoms with Gasteiger partial charge in [0, 0.05) is 11.8 Å². The maximum absolute atomic E-state index is 14.3. The highest BCUT2D eigenvalue weighted by Gasteiger charge is 2.52. The highest BCUT2D eigenvalue weighted by Crippen LogP contribution is 2.48. The standard InChI is InChI=1S/C44H35N3O4S/c1-32(34-22-24-35(25-23-34)40-19-11-12-28-45-40)46-51-30-29-50-39-26-20-33(21-27-39)31-41-42(48)47(43(49)52-41)44(36-13-5-2-6-14-36,37-15-7-3-8-16-37)38-17-9-4-10-18-38/h2-28,31H,29-30H2,1H3. The average Bonchev–Trinajstić information content (AvgIpc) is 3.48. The SMILES string of the molecule is CC(=NOCCOc1ccc(C=C2SC(=O)N(C(c3ccccc3)(c3ccccc3)c3ccccc3)C2=O)cc1)c1ccc(-c2ccccn2)cc1. The van der Waals surface area contributed by atoms with Crippen molar-refractivity contribution in [3.63, 3.8) is 0 Å². The molecule has 7 nitrogen and oxygen atoms in total. The van der Waals surface area contributed by atoms with Gasteiger partial charge in [0.2, 0.25) is 0 Å². The summed E-state index contributed by atoms with van der Waals surface area (Å²) in [6, 6.07) is 50.4. The monoisotopic (exact) mass is 701 g/mol. The predicted octanol–water partition coefficient (Wildman–Crippen LogP) is 9.60. The van der Waals surface area contributed by atoms with Crippen LogP contribution in [0.1, 0.15) is 34.7 Å². The Bertz CT molecular complexity index is 2100. The summed E-state index contributed by atoms with van der Waals surface area (Å²) in [4.78, 5) is 39.9. The van der Waals surface area contributed by atoms with E-state index < -0.39 is 5.54 Å². The van der Waals surface area contributed by atoms with Crippen LogP contribution in [-0.2, 0) is 15.2 Å². The first-order valence-electron chi connectivity index (χ1n) is 16.9. The molecule has 0 N–H and O–H groups in total. The van der Waals surface area contributed by atoms with Crippen LogP contribution in [0.25, 0.3) is 17.3 Å². The third-order valence-electron chi connectivity index (χ3n) is 8.79. The maximum Gasteiger partial charge on any atom is 0.294 e. The first kappa shape index (κ1) is 34.2. The fraction of sp³-hybridized carbons (Fsp3) is 0.0909. The van der Waals surface area contributed by atoms with Crippen LogP contribution in [0.3, 0.4) is 0 Å². The van der Waals surface area contributed by atoms with E-state index in [0.717, 1.165) is 56.5 Å². The highest BCUT2D eigenvalue weighted by atomic mass is 32.2. The van der Waals surface area contributed by atoms with E-state index in [0.29, 0.717) is 17.3 Å². The second-order valence-electron chi connectivity index (χ2n) is 12.0. The smallest absolute Gasteiger partial charge is 0.294 e. The van der Waals surface area contributed by atoms with Gasteiger partial charge in [-0.05, 0) is 76.8 Å². The molecular weight excluding hydrogens is 667 g/mol. The Morgan fingerprint density at radius 1 is 0.712 bits per heavy atom. The lowest BCUT2D eigenvalue weighted by molar-refractivity contribution is -0.125. The highest BCUT2D eigenvalue weighted by molar-refractivity contribution is 8.18. The molecule has 52 heavy (non-hydrogen) atoms. The predicted molar refractivity (Wildman–Crippen MR) is 207 cm³/mol. The first-order valence-corrected chi connectivity index (χ1v) is 17.7. The number of carbonyl (C=O) groups excluding carboxylic acids is 2. The number of oxime groups is 1. The Balaban J connectivity index is 1.02. The van der Waals surface area contributed by atoms with Gasteiger partial charge >= 0.3 is 0 Å². The molecule has 5 aromatic carbocycles. The van der Waals surface area contributed by atoms with E-state index >= 15 is 0 Å². The molecule has 8 heteroatoms. The summed E-state index contributed by atoms with van der Waals surface area (Å²) in [7, 11) is 0. The number of amides is 2. The summed E-state index contributed by atoms with van der Waals surface area (Å²) in [5, 5.41) is 3.90. The normalized spacial score (nSPS) is 14.1. The molecule has 0 unspecified atom stereocenters. The van der Waals surface area contributed by atoms with Crippen molar-refractivity contribution in [3.05, 3.63) is 197 Å². The van der Waals surface area contributed by atoms with Crippen LogP contribution in [0.4, 0.5) is 4.79 Å². The van der Waals surface area contributed by atoms with Gasteiger partial charge < -0.3 is 9.57 Å². The van der Waals surface area contributed by atoms with E-state index in [4.69, 9.17) is 9.57 Å².